The van der Waals surface area contributed by atoms with Crippen molar-refractivity contribution in [2.24, 2.45) is 5.14 Å². The van der Waals surface area contributed by atoms with Crippen LogP contribution in [0.2, 0.25) is 5.02 Å². The number of halogens is 1. The fraction of sp³-hybridized carbons (Fsp3) is 0.0526. The van der Waals surface area contributed by atoms with Gasteiger partial charge in [0.05, 0.1) is 6.42 Å². The van der Waals surface area contributed by atoms with Crippen molar-refractivity contribution in [1.82, 2.24) is 4.98 Å². The Morgan fingerprint density at radius 2 is 1.86 bits per heavy atom. The van der Waals surface area contributed by atoms with Gasteiger partial charge >= 0.3 is 0 Å². The first-order valence-corrected chi connectivity index (χ1v) is 10.2. The van der Waals surface area contributed by atoms with Gasteiger partial charge in [0.2, 0.25) is 15.9 Å². The van der Waals surface area contributed by atoms with Gasteiger partial charge in [0.25, 0.3) is 5.56 Å². The third-order valence-electron chi connectivity index (χ3n) is 3.84. The number of benzene rings is 2. The first-order chi connectivity index (χ1) is 13.7. The Morgan fingerprint density at radius 1 is 1.10 bits per heavy atom. The van der Waals surface area contributed by atoms with Crippen LogP contribution in [0.4, 0.5) is 5.69 Å². The number of carbonyl (C=O) groups excluding carboxylic acids is 1. The molecule has 1 aromatic heterocycles. The molecule has 0 saturated heterocycles. The predicted molar refractivity (Wildman–Crippen MR) is 109 cm³/mol. The SMILES string of the molecule is NS(=O)(=O)c1cc(NC(=O)Cc2ccccc2Cl)ccc1Oc1ccc[nH]c1=O. The molecule has 0 saturated carbocycles. The fourth-order valence-electron chi connectivity index (χ4n) is 2.52. The maximum atomic E-state index is 12.3. The van der Waals surface area contributed by atoms with Crippen LogP contribution in [-0.2, 0) is 21.2 Å². The molecule has 3 rings (SSSR count). The lowest BCUT2D eigenvalue weighted by atomic mass is 10.1. The van der Waals surface area contributed by atoms with Crippen molar-refractivity contribution in [2.45, 2.75) is 11.3 Å². The second kappa shape index (κ2) is 8.48. The number of hydrogen-bond donors (Lipinski definition) is 3. The van der Waals surface area contributed by atoms with Crippen molar-refractivity contribution in [3.05, 3.63) is 81.7 Å². The molecule has 150 valence electrons. The number of nitrogens with one attached hydrogen (secondary N) is 2. The van der Waals surface area contributed by atoms with Crippen LogP contribution in [0.15, 0.2) is 70.5 Å². The second-order valence-corrected chi connectivity index (χ2v) is 7.93. The minimum Gasteiger partial charge on any atom is -0.450 e. The molecule has 0 unspecified atom stereocenters. The Hall–Kier alpha value is -3.14. The van der Waals surface area contributed by atoms with Crippen LogP contribution < -0.4 is 20.8 Å². The summed E-state index contributed by atoms with van der Waals surface area (Å²) in [5.41, 5.74) is 0.284. The van der Waals surface area contributed by atoms with Crippen molar-refractivity contribution >= 4 is 33.2 Å². The summed E-state index contributed by atoms with van der Waals surface area (Å²) in [6, 6.07) is 13.7. The van der Waals surface area contributed by atoms with Crippen molar-refractivity contribution in [3.63, 3.8) is 0 Å². The summed E-state index contributed by atoms with van der Waals surface area (Å²) in [5.74, 6) is -0.646. The number of aromatic amines is 1. The lowest BCUT2D eigenvalue weighted by Crippen LogP contribution is -2.17. The summed E-state index contributed by atoms with van der Waals surface area (Å²) in [7, 11) is -4.20. The average molecular weight is 434 g/mol. The van der Waals surface area contributed by atoms with E-state index in [4.69, 9.17) is 21.5 Å². The zero-order chi connectivity index (χ0) is 21.0. The van der Waals surface area contributed by atoms with E-state index in [0.29, 0.717) is 10.6 Å². The molecule has 3 aromatic rings. The van der Waals surface area contributed by atoms with Crippen molar-refractivity contribution < 1.29 is 17.9 Å². The van der Waals surface area contributed by atoms with E-state index in [2.05, 4.69) is 10.3 Å². The van der Waals surface area contributed by atoms with Crippen molar-refractivity contribution in [3.8, 4) is 11.5 Å². The first-order valence-electron chi connectivity index (χ1n) is 8.30. The molecule has 8 nitrogen and oxygen atoms in total. The first kappa shape index (κ1) is 20.6. The van der Waals surface area contributed by atoms with E-state index in [1.165, 1.54) is 30.5 Å². The number of hydrogen-bond acceptors (Lipinski definition) is 5. The van der Waals surface area contributed by atoms with Crippen LogP contribution in [0.25, 0.3) is 0 Å². The molecule has 0 bridgehead atoms. The topological polar surface area (TPSA) is 131 Å². The Bertz CT molecular complexity index is 1220. The second-order valence-electron chi connectivity index (χ2n) is 5.99. The number of primary sulfonamides is 1. The number of amides is 1. The minimum absolute atomic E-state index is 0.00201. The van der Waals surface area contributed by atoms with Crippen molar-refractivity contribution in [2.75, 3.05) is 5.32 Å². The molecule has 1 heterocycles. The number of sulfonamides is 1. The molecule has 4 N–H and O–H groups in total. The average Bonchev–Trinajstić information content (AvgIpc) is 2.66. The van der Waals surface area contributed by atoms with Gasteiger partial charge in [-0.05, 0) is 42.0 Å². The molecule has 0 aliphatic rings. The number of anilines is 1. The third-order valence-corrected chi connectivity index (χ3v) is 5.15. The lowest BCUT2D eigenvalue weighted by molar-refractivity contribution is -0.115. The maximum absolute atomic E-state index is 12.3. The molecule has 2 aromatic carbocycles. The molecule has 0 atom stereocenters. The summed E-state index contributed by atoms with van der Waals surface area (Å²) < 4.78 is 29.4. The van der Waals surface area contributed by atoms with E-state index < -0.39 is 21.5 Å². The quantitative estimate of drug-likeness (QED) is 0.549. The zero-order valence-electron chi connectivity index (χ0n) is 14.9. The van der Waals surface area contributed by atoms with E-state index in [9.17, 15) is 18.0 Å². The Kier molecular flexibility index (Phi) is 6.02. The van der Waals surface area contributed by atoms with Crippen molar-refractivity contribution in [1.29, 1.82) is 0 Å². The van der Waals surface area contributed by atoms with Gasteiger partial charge in [0.15, 0.2) is 5.75 Å². The molecule has 0 radical (unpaired) electrons. The van der Waals surface area contributed by atoms with E-state index in [1.54, 1.807) is 24.3 Å². The third kappa shape index (κ3) is 5.23. The van der Waals surface area contributed by atoms with Gasteiger partial charge < -0.3 is 15.0 Å². The Labute approximate surface area is 171 Å². The van der Waals surface area contributed by atoms with Crippen LogP contribution in [-0.4, -0.2) is 19.3 Å². The highest BCUT2D eigenvalue weighted by molar-refractivity contribution is 7.89. The summed E-state index contributed by atoms with van der Waals surface area (Å²) in [4.78, 5) is 26.1. The van der Waals surface area contributed by atoms with Gasteiger partial charge in [0.1, 0.15) is 10.6 Å². The molecule has 0 aliphatic heterocycles. The molecule has 1 amide bonds. The summed E-state index contributed by atoms with van der Waals surface area (Å²) >= 11 is 6.05. The normalized spacial score (nSPS) is 11.1. The van der Waals surface area contributed by atoms with E-state index in [0.717, 1.165) is 6.07 Å². The molecule has 0 spiro atoms. The highest BCUT2D eigenvalue weighted by Crippen LogP contribution is 2.29. The van der Waals surface area contributed by atoms with Crippen LogP contribution in [0.5, 0.6) is 11.5 Å². The van der Waals surface area contributed by atoms with E-state index >= 15 is 0 Å². The van der Waals surface area contributed by atoms with Crippen LogP contribution in [0, 0.1) is 0 Å². The number of rotatable bonds is 6. The van der Waals surface area contributed by atoms with Crippen LogP contribution in [0.1, 0.15) is 5.56 Å². The monoisotopic (exact) mass is 433 g/mol. The lowest BCUT2D eigenvalue weighted by Gasteiger charge is -2.12. The van der Waals surface area contributed by atoms with Crippen LogP contribution >= 0.6 is 11.6 Å². The molecular weight excluding hydrogens is 418 g/mol. The smallest absolute Gasteiger partial charge is 0.290 e. The molecule has 10 heteroatoms. The predicted octanol–water partition coefficient (Wildman–Crippen LogP) is 2.65. The van der Waals surface area contributed by atoms with Gasteiger partial charge in [-0.2, -0.15) is 0 Å². The van der Waals surface area contributed by atoms with E-state index in [1.807, 2.05) is 0 Å². The largest absolute Gasteiger partial charge is 0.450 e. The zero-order valence-corrected chi connectivity index (χ0v) is 16.5. The molecular formula is C19H16ClN3O5S. The van der Waals surface area contributed by atoms with Gasteiger partial charge in [-0.15, -0.1) is 0 Å². The number of aromatic nitrogens is 1. The fourth-order valence-corrected chi connectivity index (χ4v) is 3.40. The maximum Gasteiger partial charge on any atom is 0.290 e. The number of H-pyrrole nitrogens is 1. The summed E-state index contributed by atoms with van der Waals surface area (Å²) in [6.07, 6.45) is 1.41. The highest BCUT2D eigenvalue weighted by Gasteiger charge is 2.18. The minimum atomic E-state index is -4.20. The Balaban J connectivity index is 1.86. The molecule has 29 heavy (non-hydrogen) atoms. The molecule has 0 aliphatic carbocycles. The number of nitrogens with two attached hydrogens (primary N) is 1. The highest BCUT2D eigenvalue weighted by atomic mass is 35.5. The number of pyridine rings is 1. The Morgan fingerprint density at radius 3 is 2.55 bits per heavy atom. The van der Waals surface area contributed by atoms with E-state index in [-0.39, 0.29) is 28.5 Å². The van der Waals surface area contributed by atoms with Gasteiger partial charge in [0, 0.05) is 16.9 Å². The number of ether oxygens (including phenoxy) is 1. The number of carbonyl (C=O) groups is 1. The standard InChI is InChI=1S/C19H16ClN3O5S/c20-14-5-2-1-4-12(14)10-18(24)23-13-7-8-15(17(11-13)29(21,26)27)28-16-6-3-9-22-19(16)25/h1-9,11H,10H2,(H,22,25)(H,23,24)(H2,21,26,27). The van der Waals surface area contributed by atoms with Gasteiger partial charge in [-0.25, -0.2) is 13.6 Å². The van der Waals surface area contributed by atoms with Gasteiger partial charge in [-0.3, -0.25) is 9.59 Å². The van der Waals surface area contributed by atoms with Gasteiger partial charge in [-0.1, -0.05) is 29.8 Å². The molecule has 0 fully saturated rings. The summed E-state index contributed by atoms with van der Waals surface area (Å²) in [6.45, 7) is 0. The van der Waals surface area contributed by atoms with Crippen LogP contribution in [0.3, 0.4) is 0 Å². The summed E-state index contributed by atoms with van der Waals surface area (Å²) in [5, 5.41) is 8.31.